The fraction of sp³-hybridized carbons (Fsp3) is 0.909. The highest BCUT2D eigenvalue weighted by Gasteiger charge is 2.25. The van der Waals surface area contributed by atoms with Crippen LogP contribution >= 0.6 is 0 Å². The van der Waals surface area contributed by atoms with Crippen LogP contribution in [-0.4, -0.2) is 25.0 Å². The van der Waals surface area contributed by atoms with Gasteiger partial charge in [0.25, 0.3) is 0 Å². The van der Waals surface area contributed by atoms with Crippen molar-refractivity contribution in [1.29, 1.82) is 0 Å². The number of rotatable bonds is 6. The summed E-state index contributed by atoms with van der Waals surface area (Å²) in [5, 5.41) is 6.17. The normalized spacial score (nSPS) is 18.7. The molecule has 82 valence electrons. The van der Waals surface area contributed by atoms with Gasteiger partial charge in [-0.1, -0.05) is 26.2 Å². The second kappa shape index (κ2) is 6.02. The molecule has 2 N–H and O–H groups in total. The summed E-state index contributed by atoms with van der Waals surface area (Å²) in [4.78, 5) is 11.5. The lowest BCUT2D eigenvalue weighted by Crippen LogP contribution is -2.52. The summed E-state index contributed by atoms with van der Waals surface area (Å²) in [6, 6.07) is 0.342. The predicted molar refractivity (Wildman–Crippen MR) is 58.1 cm³/mol. The van der Waals surface area contributed by atoms with Gasteiger partial charge in [0.05, 0.1) is 5.92 Å². The maximum absolute atomic E-state index is 11.5. The van der Waals surface area contributed by atoms with E-state index in [1.165, 1.54) is 19.3 Å². The number of amides is 1. The number of hydrogen-bond donors (Lipinski definition) is 2. The maximum atomic E-state index is 11.5. The zero-order valence-corrected chi connectivity index (χ0v) is 9.31. The molecule has 0 bridgehead atoms. The molecule has 0 radical (unpaired) electrons. The van der Waals surface area contributed by atoms with E-state index in [4.69, 9.17) is 0 Å². The van der Waals surface area contributed by atoms with Gasteiger partial charge in [-0.3, -0.25) is 4.79 Å². The minimum Gasteiger partial charge on any atom is -0.353 e. The molecule has 14 heavy (non-hydrogen) atoms. The lowest BCUT2D eigenvalue weighted by molar-refractivity contribution is -0.127. The molecule has 1 saturated heterocycles. The van der Waals surface area contributed by atoms with E-state index >= 15 is 0 Å². The Balaban J connectivity index is 2.06. The van der Waals surface area contributed by atoms with Crippen LogP contribution < -0.4 is 10.6 Å². The molecule has 1 amide bonds. The van der Waals surface area contributed by atoms with Crippen LogP contribution in [0, 0.1) is 5.92 Å². The molecule has 1 aliphatic heterocycles. The van der Waals surface area contributed by atoms with Gasteiger partial charge in [-0.25, -0.2) is 0 Å². The van der Waals surface area contributed by atoms with Crippen LogP contribution in [0.1, 0.15) is 39.5 Å². The Labute approximate surface area is 86.6 Å². The van der Waals surface area contributed by atoms with E-state index in [0.717, 1.165) is 19.5 Å². The van der Waals surface area contributed by atoms with Gasteiger partial charge in [-0.05, 0) is 13.3 Å². The lowest BCUT2D eigenvalue weighted by atomic mass is 10.0. The molecule has 0 spiro atoms. The molecule has 0 aliphatic carbocycles. The highest BCUT2D eigenvalue weighted by molar-refractivity contribution is 5.80. The van der Waals surface area contributed by atoms with Crippen molar-refractivity contribution in [3.63, 3.8) is 0 Å². The van der Waals surface area contributed by atoms with Crippen LogP contribution in [0.3, 0.4) is 0 Å². The Morgan fingerprint density at radius 2 is 2.21 bits per heavy atom. The largest absolute Gasteiger partial charge is 0.353 e. The van der Waals surface area contributed by atoms with Crippen molar-refractivity contribution in [3.8, 4) is 0 Å². The molecule has 3 heteroatoms. The van der Waals surface area contributed by atoms with Gasteiger partial charge in [0.15, 0.2) is 0 Å². The first-order chi connectivity index (χ1) is 6.74. The molecule has 3 nitrogen and oxygen atoms in total. The van der Waals surface area contributed by atoms with Gasteiger partial charge in [-0.2, -0.15) is 0 Å². The first-order valence-electron chi connectivity index (χ1n) is 5.75. The van der Waals surface area contributed by atoms with Gasteiger partial charge in [-0.15, -0.1) is 0 Å². The fourth-order valence-electron chi connectivity index (χ4n) is 1.61. The number of carbonyl (C=O) groups is 1. The summed E-state index contributed by atoms with van der Waals surface area (Å²) in [5.74, 6) is 0.455. The quantitative estimate of drug-likeness (QED) is 0.631. The van der Waals surface area contributed by atoms with Crippen molar-refractivity contribution in [3.05, 3.63) is 0 Å². The second-order valence-electron chi connectivity index (χ2n) is 4.26. The third-order valence-corrected chi connectivity index (χ3v) is 2.78. The molecular formula is C11H22N2O. The zero-order valence-electron chi connectivity index (χ0n) is 9.31. The van der Waals surface area contributed by atoms with Crippen LogP contribution in [0.4, 0.5) is 0 Å². The van der Waals surface area contributed by atoms with Crippen LogP contribution in [0.25, 0.3) is 0 Å². The van der Waals surface area contributed by atoms with Crippen molar-refractivity contribution in [2.75, 3.05) is 13.1 Å². The zero-order chi connectivity index (χ0) is 10.4. The molecule has 1 atom stereocenters. The van der Waals surface area contributed by atoms with E-state index in [9.17, 15) is 4.79 Å². The SMILES string of the molecule is CCCCCC(C)NC(=O)C1CNC1. The Bertz CT molecular complexity index is 178. The highest BCUT2D eigenvalue weighted by Crippen LogP contribution is 2.06. The molecule has 1 unspecified atom stereocenters. The van der Waals surface area contributed by atoms with Gasteiger partial charge in [0.2, 0.25) is 5.91 Å². The minimum absolute atomic E-state index is 0.226. The Morgan fingerprint density at radius 1 is 1.50 bits per heavy atom. The topological polar surface area (TPSA) is 41.1 Å². The van der Waals surface area contributed by atoms with Crippen LogP contribution in [-0.2, 0) is 4.79 Å². The summed E-state index contributed by atoms with van der Waals surface area (Å²) in [6.45, 7) is 6.00. The average Bonchev–Trinajstić information content (AvgIpc) is 2.00. The summed E-state index contributed by atoms with van der Waals surface area (Å²) in [6.07, 6.45) is 4.85. The van der Waals surface area contributed by atoms with Gasteiger partial charge >= 0.3 is 0 Å². The van der Waals surface area contributed by atoms with Crippen molar-refractivity contribution < 1.29 is 4.79 Å². The van der Waals surface area contributed by atoms with Gasteiger partial charge in [0.1, 0.15) is 0 Å². The van der Waals surface area contributed by atoms with Crippen molar-refractivity contribution in [2.24, 2.45) is 5.92 Å². The number of carbonyl (C=O) groups excluding carboxylic acids is 1. The third kappa shape index (κ3) is 3.66. The number of nitrogens with one attached hydrogen (secondary N) is 2. The monoisotopic (exact) mass is 198 g/mol. The highest BCUT2D eigenvalue weighted by atomic mass is 16.2. The molecule has 0 aromatic carbocycles. The second-order valence-corrected chi connectivity index (χ2v) is 4.26. The van der Waals surface area contributed by atoms with Gasteiger partial charge < -0.3 is 10.6 Å². The van der Waals surface area contributed by atoms with Crippen LogP contribution in [0.2, 0.25) is 0 Å². The molecule has 1 fully saturated rings. The number of unbranched alkanes of at least 4 members (excludes halogenated alkanes) is 2. The maximum Gasteiger partial charge on any atom is 0.225 e. The Hall–Kier alpha value is -0.570. The lowest BCUT2D eigenvalue weighted by Gasteiger charge is -2.27. The summed E-state index contributed by atoms with van der Waals surface area (Å²) < 4.78 is 0. The van der Waals surface area contributed by atoms with E-state index in [-0.39, 0.29) is 11.8 Å². The van der Waals surface area contributed by atoms with E-state index in [0.29, 0.717) is 6.04 Å². The van der Waals surface area contributed by atoms with Crippen molar-refractivity contribution in [1.82, 2.24) is 10.6 Å². The predicted octanol–water partition coefficient (Wildman–Crippen LogP) is 1.29. The van der Waals surface area contributed by atoms with Crippen LogP contribution in [0.15, 0.2) is 0 Å². The summed E-state index contributed by atoms with van der Waals surface area (Å²) in [7, 11) is 0. The number of hydrogen-bond acceptors (Lipinski definition) is 2. The Kier molecular flexibility index (Phi) is 4.94. The molecule has 0 saturated carbocycles. The first-order valence-corrected chi connectivity index (χ1v) is 5.75. The molecule has 1 aliphatic rings. The third-order valence-electron chi connectivity index (χ3n) is 2.78. The minimum atomic E-state index is 0.226. The van der Waals surface area contributed by atoms with Crippen LogP contribution in [0.5, 0.6) is 0 Å². The Morgan fingerprint density at radius 3 is 2.71 bits per heavy atom. The molecule has 0 aromatic rings. The van der Waals surface area contributed by atoms with E-state index in [1.807, 2.05) is 0 Å². The summed E-state index contributed by atoms with van der Waals surface area (Å²) >= 11 is 0. The van der Waals surface area contributed by atoms with Crippen molar-refractivity contribution in [2.45, 2.75) is 45.6 Å². The molecular weight excluding hydrogens is 176 g/mol. The van der Waals surface area contributed by atoms with E-state index < -0.39 is 0 Å². The molecule has 1 heterocycles. The first kappa shape index (κ1) is 11.5. The van der Waals surface area contributed by atoms with Crippen molar-refractivity contribution >= 4 is 5.91 Å². The fourth-order valence-corrected chi connectivity index (χ4v) is 1.61. The van der Waals surface area contributed by atoms with Gasteiger partial charge in [0, 0.05) is 19.1 Å². The average molecular weight is 198 g/mol. The smallest absolute Gasteiger partial charge is 0.225 e. The molecule has 1 rings (SSSR count). The molecule has 0 aromatic heterocycles. The van der Waals surface area contributed by atoms with E-state index in [1.54, 1.807) is 0 Å². The summed E-state index contributed by atoms with van der Waals surface area (Å²) in [5.41, 5.74) is 0. The standard InChI is InChI=1S/C11H22N2O/c1-3-4-5-6-9(2)13-11(14)10-7-12-8-10/h9-10,12H,3-8H2,1-2H3,(H,13,14). The van der Waals surface area contributed by atoms with E-state index in [2.05, 4.69) is 24.5 Å².